The third-order valence-corrected chi connectivity index (χ3v) is 17.5. The number of thiophene rings is 1. The van der Waals surface area contributed by atoms with Crippen LogP contribution in [0.4, 0.5) is 17.1 Å². The van der Waals surface area contributed by atoms with Crippen LogP contribution in [0.5, 0.6) is 0 Å². The number of hydrogen-bond donors (Lipinski definition) is 0. The van der Waals surface area contributed by atoms with E-state index >= 15 is 0 Å². The minimum atomic E-state index is -1.75. The number of nitrogens with zero attached hydrogens (tertiary/aromatic N) is 1. The highest BCUT2D eigenvalue weighted by molar-refractivity contribution is 8.34. The largest absolute Gasteiger partial charge is 0.456 e. The van der Waals surface area contributed by atoms with E-state index in [-0.39, 0.29) is 0 Å². The molecule has 64 heavy (non-hydrogen) atoms. The van der Waals surface area contributed by atoms with Crippen LogP contribution in [-0.4, -0.2) is 0 Å². The van der Waals surface area contributed by atoms with E-state index < -0.39 is 10.0 Å². The maximum atomic E-state index is 6.51. The van der Waals surface area contributed by atoms with Gasteiger partial charge < -0.3 is 9.32 Å². The summed E-state index contributed by atoms with van der Waals surface area (Å²) in [6.07, 6.45) is 0. The van der Waals surface area contributed by atoms with Crippen molar-refractivity contribution in [3.63, 3.8) is 0 Å². The highest BCUT2D eigenvalue weighted by atomic mass is 32.3. The van der Waals surface area contributed by atoms with Gasteiger partial charge in [-0.2, -0.15) is 0 Å². The number of benzene rings is 10. The van der Waals surface area contributed by atoms with Crippen molar-refractivity contribution in [2.45, 2.75) is 19.6 Å². The molecule has 0 amide bonds. The molecule has 0 unspecified atom stereocenters. The zero-order valence-electron chi connectivity index (χ0n) is 34.8. The van der Waals surface area contributed by atoms with Crippen LogP contribution >= 0.6 is 21.4 Å². The van der Waals surface area contributed by atoms with Gasteiger partial charge in [0.25, 0.3) is 0 Å². The Hall–Kier alpha value is -7.63. The molecular formula is C60H41NOS2. The summed E-state index contributed by atoms with van der Waals surface area (Å²) in [6, 6.07) is 90.4. The standard InChI is InChI=1S/C60H41NOS2/c1-5-16-45(17-6-1)61(47-36-30-44(31-37-47)52-25-15-26-55-58(52)59-56(62-55)41-40-54-53-24-13-14-27-57(53)63-60(54)59)46-34-28-42(29-35-46)43-32-38-51(39-33-43)64(48-18-7-2-8-19-48,49-20-9-3-10-21-49)50-22-11-4-12-23-50/h1-41H. The molecule has 10 aromatic carbocycles. The van der Waals surface area contributed by atoms with Gasteiger partial charge in [-0.3, -0.25) is 0 Å². The van der Waals surface area contributed by atoms with Crippen LogP contribution in [0, 0.1) is 0 Å². The number of para-hydroxylation sites is 1. The summed E-state index contributed by atoms with van der Waals surface area (Å²) in [5, 5.41) is 4.93. The molecule has 2 nitrogen and oxygen atoms in total. The molecule has 304 valence electrons. The van der Waals surface area contributed by atoms with Crippen LogP contribution in [-0.2, 0) is 0 Å². The quantitative estimate of drug-likeness (QED) is 0.144. The van der Waals surface area contributed by atoms with Gasteiger partial charge in [0, 0.05) is 67.6 Å². The first-order valence-electron chi connectivity index (χ1n) is 21.6. The Kier molecular flexibility index (Phi) is 9.48. The number of furan rings is 1. The number of hydrogen-bond acceptors (Lipinski definition) is 3. The molecular weight excluding hydrogens is 815 g/mol. The first-order chi connectivity index (χ1) is 31.7. The predicted octanol–water partition coefficient (Wildman–Crippen LogP) is 18.1. The van der Waals surface area contributed by atoms with Crippen molar-refractivity contribution >= 4 is 80.5 Å². The highest BCUT2D eigenvalue weighted by Crippen LogP contribution is 2.73. The summed E-state index contributed by atoms with van der Waals surface area (Å²) < 4.78 is 9.08. The van der Waals surface area contributed by atoms with Crippen molar-refractivity contribution in [1.29, 1.82) is 0 Å². The van der Waals surface area contributed by atoms with Gasteiger partial charge in [0.15, 0.2) is 0 Å². The lowest BCUT2D eigenvalue weighted by molar-refractivity contribution is 0.669. The van der Waals surface area contributed by atoms with Crippen molar-refractivity contribution in [1.82, 2.24) is 0 Å². The molecule has 0 aliphatic rings. The summed E-state index contributed by atoms with van der Waals surface area (Å²) >= 11 is 1.85. The van der Waals surface area contributed by atoms with Crippen LogP contribution in [0.2, 0.25) is 0 Å². The molecule has 0 aliphatic heterocycles. The Labute approximate surface area is 378 Å². The first kappa shape index (κ1) is 38.1. The summed E-state index contributed by atoms with van der Waals surface area (Å²) in [5.41, 5.74) is 9.79. The number of fused-ring (bicyclic) bond motifs is 7. The van der Waals surface area contributed by atoms with Crippen LogP contribution < -0.4 is 4.90 Å². The lowest BCUT2D eigenvalue weighted by Crippen LogP contribution is -2.09. The highest BCUT2D eigenvalue weighted by Gasteiger charge is 2.33. The maximum Gasteiger partial charge on any atom is 0.136 e. The van der Waals surface area contributed by atoms with E-state index in [9.17, 15) is 0 Å². The van der Waals surface area contributed by atoms with Crippen LogP contribution in [0.25, 0.3) is 64.4 Å². The molecule has 0 radical (unpaired) electrons. The van der Waals surface area contributed by atoms with Gasteiger partial charge in [-0.25, -0.2) is 0 Å². The van der Waals surface area contributed by atoms with Gasteiger partial charge in [-0.1, -0.05) is 140 Å². The monoisotopic (exact) mass is 855 g/mol. The van der Waals surface area contributed by atoms with E-state index in [0.29, 0.717) is 0 Å². The topological polar surface area (TPSA) is 16.4 Å². The summed E-state index contributed by atoms with van der Waals surface area (Å²) in [5.74, 6) is 0. The van der Waals surface area contributed by atoms with Gasteiger partial charge in [0.2, 0.25) is 0 Å². The van der Waals surface area contributed by atoms with Crippen molar-refractivity contribution in [3.05, 3.63) is 249 Å². The lowest BCUT2D eigenvalue weighted by atomic mass is 9.98. The predicted molar refractivity (Wildman–Crippen MR) is 272 cm³/mol. The number of rotatable bonds is 9. The summed E-state index contributed by atoms with van der Waals surface area (Å²) in [6.45, 7) is 0. The summed E-state index contributed by atoms with van der Waals surface area (Å²) in [4.78, 5) is 7.60. The third-order valence-electron chi connectivity index (χ3n) is 12.4. The van der Waals surface area contributed by atoms with Crippen molar-refractivity contribution in [2.75, 3.05) is 4.90 Å². The molecule has 0 atom stereocenters. The third kappa shape index (κ3) is 6.33. The molecule has 0 aliphatic carbocycles. The van der Waals surface area contributed by atoms with Gasteiger partial charge in [-0.05, 0) is 131 Å². The molecule has 0 fully saturated rings. The van der Waals surface area contributed by atoms with Crippen LogP contribution in [0.3, 0.4) is 0 Å². The van der Waals surface area contributed by atoms with E-state index in [0.717, 1.165) is 33.8 Å². The van der Waals surface area contributed by atoms with Crippen molar-refractivity contribution in [2.24, 2.45) is 0 Å². The Bertz CT molecular complexity index is 3470. The average Bonchev–Trinajstić information content (AvgIpc) is 3.95. The fourth-order valence-corrected chi connectivity index (χ4v) is 14.6. The zero-order chi connectivity index (χ0) is 42.5. The second-order valence-electron chi connectivity index (χ2n) is 16.0. The molecule has 0 N–H and O–H groups in total. The van der Waals surface area contributed by atoms with E-state index in [1.165, 1.54) is 67.2 Å². The van der Waals surface area contributed by atoms with Gasteiger partial charge in [0.1, 0.15) is 11.2 Å². The molecule has 2 aromatic heterocycles. The van der Waals surface area contributed by atoms with E-state index in [1.54, 1.807) is 0 Å². The van der Waals surface area contributed by atoms with E-state index in [4.69, 9.17) is 4.42 Å². The molecule has 0 saturated heterocycles. The lowest BCUT2D eigenvalue weighted by Gasteiger charge is -2.42. The van der Waals surface area contributed by atoms with E-state index in [1.807, 2.05) is 11.3 Å². The second-order valence-corrected chi connectivity index (χ2v) is 20.2. The van der Waals surface area contributed by atoms with E-state index in [2.05, 4.69) is 254 Å². The molecule has 2 heterocycles. The SMILES string of the molecule is c1ccc(N(c2ccc(-c3ccc(S(c4ccccc4)(c4ccccc4)c4ccccc4)cc3)cc2)c2ccc(-c3cccc4oc5ccc6c7ccccc7sc6c5c34)cc2)cc1. The first-order valence-corrected chi connectivity index (χ1v) is 24.1. The maximum absolute atomic E-state index is 6.51. The average molecular weight is 856 g/mol. The molecule has 0 saturated carbocycles. The Morgan fingerprint density at radius 2 is 0.797 bits per heavy atom. The van der Waals surface area contributed by atoms with Crippen molar-refractivity contribution in [3.8, 4) is 22.3 Å². The Morgan fingerprint density at radius 3 is 1.39 bits per heavy atom. The number of anilines is 3. The minimum Gasteiger partial charge on any atom is -0.456 e. The fourth-order valence-electron chi connectivity index (χ4n) is 9.48. The van der Waals surface area contributed by atoms with Crippen molar-refractivity contribution < 1.29 is 4.42 Å². The molecule has 12 aromatic rings. The fraction of sp³-hybridized carbons (Fsp3) is 0. The van der Waals surface area contributed by atoms with Gasteiger partial charge in [-0.15, -0.1) is 21.4 Å². The molecule has 12 rings (SSSR count). The molecule has 0 bridgehead atoms. The van der Waals surface area contributed by atoms with Crippen LogP contribution in [0.1, 0.15) is 0 Å². The molecule has 4 heteroatoms. The van der Waals surface area contributed by atoms with Gasteiger partial charge in [0.05, 0.1) is 0 Å². The summed E-state index contributed by atoms with van der Waals surface area (Å²) in [7, 11) is -1.75. The second kappa shape index (κ2) is 15.9. The Balaban J connectivity index is 0.903. The normalized spacial score (nSPS) is 12.0. The van der Waals surface area contributed by atoms with Crippen LogP contribution in [0.15, 0.2) is 273 Å². The smallest absolute Gasteiger partial charge is 0.136 e. The Morgan fingerprint density at radius 1 is 0.328 bits per heavy atom. The van der Waals surface area contributed by atoms with Gasteiger partial charge >= 0.3 is 0 Å². The molecule has 0 spiro atoms. The zero-order valence-corrected chi connectivity index (χ0v) is 36.5. The minimum absolute atomic E-state index is 0.909.